The Morgan fingerprint density at radius 2 is 2.00 bits per heavy atom. The van der Waals surface area contributed by atoms with Crippen molar-refractivity contribution in [3.8, 4) is 5.75 Å². The van der Waals surface area contributed by atoms with Gasteiger partial charge in [0.05, 0.1) is 16.8 Å². The number of rotatable bonds is 4. The van der Waals surface area contributed by atoms with E-state index in [0.717, 1.165) is 5.56 Å². The van der Waals surface area contributed by atoms with Gasteiger partial charge in [0, 0.05) is 11.1 Å². The summed E-state index contributed by atoms with van der Waals surface area (Å²) in [7, 11) is 0. The summed E-state index contributed by atoms with van der Waals surface area (Å²) < 4.78 is 0. The van der Waals surface area contributed by atoms with Crippen LogP contribution in [0.15, 0.2) is 42.5 Å². The number of phenols is 1. The number of hydrogen-bond donors (Lipinski definition) is 3. The van der Waals surface area contributed by atoms with E-state index in [9.17, 15) is 9.90 Å². The number of carbonyl (C=O) groups excluding carboxylic acids is 1. The van der Waals surface area contributed by atoms with Gasteiger partial charge in [-0.05, 0) is 31.2 Å². The molecule has 5 heteroatoms. The van der Waals surface area contributed by atoms with Crippen molar-refractivity contribution in [2.24, 2.45) is 5.73 Å². The standard InChI is InChI=1S/C15H15ClN2O2/c1-9(11-4-2-3-5-14(11)19)18-13-8-10(15(17)20)6-7-12(13)16/h2-9,18-19H,1H3,(H2,17,20). The molecule has 0 radical (unpaired) electrons. The van der Waals surface area contributed by atoms with Crippen molar-refractivity contribution in [1.82, 2.24) is 0 Å². The van der Waals surface area contributed by atoms with Crippen LogP contribution in [0.25, 0.3) is 0 Å². The van der Waals surface area contributed by atoms with Gasteiger partial charge >= 0.3 is 0 Å². The van der Waals surface area contributed by atoms with Crippen molar-refractivity contribution >= 4 is 23.2 Å². The zero-order chi connectivity index (χ0) is 14.7. The Balaban J connectivity index is 2.28. The van der Waals surface area contributed by atoms with E-state index in [1.165, 1.54) is 0 Å². The van der Waals surface area contributed by atoms with Gasteiger partial charge in [0.15, 0.2) is 0 Å². The molecule has 2 aromatic rings. The van der Waals surface area contributed by atoms with Crippen LogP contribution in [-0.2, 0) is 0 Å². The number of nitrogens with one attached hydrogen (secondary N) is 1. The third-order valence-corrected chi connectivity index (χ3v) is 3.36. The topological polar surface area (TPSA) is 75.3 Å². The van der Waals surface area contributed by atoms with Crippen molar-refractivity contribution in [2.45, 2.75) is 13.0 Å². The third-order valence-electron chi connectivity index (χ3n) is 3.03. The molecule has 0 spiro atoms. The van der Waals surface area contributed by atoms with Gasteiger partial charge in [-0.3, -0.25) is 4.79 Å². The van der Waals surface area contributed by atoms with E-state index in [1.807, 2.05) is 19.1 Å². The molecule has 0 aromatic heterocycles. The van der Waals surface area contributed by atoms with Gasteiger partial charge in [-0.2, -0.15) is 0 Å². The molecular weight excluding hydrogens is 276 g/mol. The first kappa shape index (κ1) is 14.2. The number of aromatic hydroxyl groups is 1. The lowest BCUT2D eigenvalue weighted by Crippen LogP contribution is -2.12. The van der Waals surface area contributed by atoms with E-state index in [4.69, 9.17) is 17.3 Å². The van der Waals surface area contributed by atoms with Crippen molar-refractivity contribution < 1.29 is 9.90 Å². The van der Waals surface area contributed by atoms with Crippen molar-refractivity contribution in [1.29, 1.82) is 0 Å². The van der Waals surface area contributed by atoms with Crippen LogP contribution in [0.2, 0.25) is 5.02 Å². The normalized spacial score (nSPS) is 11.9. The summed E-state index contributed by atoms with van der Waals surface area (Å²) in [5.74, 6) is -0.311. The average Bonchev–Trinajstić information content (AvgIpc) is 2.41. The largest absolute Gasteiger partial charge is 0.508 e. The number of phenolic OH excluding ortho intramolecular Hbond substituents is 1. The number of anilines is 1. The second-order valence-corrected chi connectivity index (χ2v) is 4.89. The molecule has 4 N–H and O–H groups in total. The highest BCUT2D eigenvalue weighted by molar-refractivity contribution is 6.33. The minimum atomic E-state index is -0.514. The molecule has 0 aliphatic rings. The number of benzene rings is 2. The minimum absolute atomic E-state index is 0.170. The molecule has 2 rings (SSSR count). The number of hydrogen-bond acceptors (Lipinski definition) is 3. The summed E-state index contributed by atoms with van der Waals surface area (Å²) in [4.78, 5) is 11.2. The first-order valence-electron chi connectivity index (χ1n) is 6.13. The maximum absolute atomic E-state index is 11.2. The van der Waals surface area contributed by atoms with Gasteiger partial charge in [-0.1, -0.05) is 29.8 Å². The Labute approximate surface area is 122 Å². The van der Waals surface area contributed by atoms with Gasteiger partial charge in [-0.15, -0.1) is 0 Å². The molecule has 4 nitrogen and oxygen atoms in total. The molecule has 1 unspecified atom stereocenters. The van der Waals surface area contributed by atoms with Crippen molar-refractivity contribution in [2.75, 3.05) is 5.32 Å². The van der Waals surface area contributed by atoms with Gasteiger partial charge in [0.2, 0.25) is 5.91 Å². The van der Waals surface area contributed by atoms with Crippen LogP contribution in [0.1, 0.15) is 28.9 Å². The predicted octanol–water partition coefficient (Wildman–Crippen LogP) is 3.32. The summed E-state index contributed by atoms with van der Waals surface area (Å²) in [5.41, 5.74) is 6.96. The second-order valence-electron chi connectivity index (χ2n) is 4.48. The minimum Gasteiger partial charge on any atom is -0.508 e. The summed E-state index contributed by atoms with van der Waals surface area (Å²) in [6, 6.07) is 11.6. The molecule has 0 aliphatic heterocycles. The fraction of sp³-hybridized carbons (Fsp3) is 0.133. The second kappa shape index (κ2) is 5.84. The first-order valence-corrected chi connectivity index (χ1v) is 6.50. The summed E-state index contributed by atoms with van der Waals surface area (Å²) in [6.07, 6.45) is 0. The van der Waals surface area contributed by atoms with Gasteiger partial charge < -0.3 is 16.2 Å². The van der Waals surface area contributed by atoms with Gasteiger partial charge in [0.25, 0.3) is 0 Å². The van der Waals surface area contributed by atoms with E-state index in [2.05, 4.69) is 5.32 Å². The van der Waals surface area contributed by atoms with Crippen LogP contribution >= 0.6 is 11.6 Å². The number of nitrogens with two attached hydrogens (primary N) is 1. The third kappa shape index (κ3) is 3.03. The van der Waals surface area contributed by atoms with Crippen molar-refractivity contribution in [3.63, 3.8) is 0 Å². The fourth-order valence-corrected chi connectivity index (χ4v) is 2.13. The van der Waals surface area contributed by atoms with E-state index >= 15 is 0 Å². The van der Waals surface area contributed by atoms with Crippen LogP contribution in [0, 0.1) is 0 Å². The first-order chi connectivity index (χ1) is 9.49. The summed E-state index contributed by atoms with van der Waals surface area (Å²) in [6.45, 7) is 1.89. The lowest BCUT2D eigenvalue weighted by Gasteiger charge is -2.18. The van der Waals surface area contributed by atoms with Crippen LogP contribution in [0.4, 0.5) is 5.69 Å². The molecule has 0 bridgehead atoms. The molecule has 20 heavy (non-hydrogen) atoms. The molecule has 0 saturated heterocycles. The molecule has 2 aromatic carbocycles. The molecular formula is C15H15ClN2O2. The molecule has 0 aliphatic carbocycles. The number of amides is 1. The lowest BCUT2D eigenvalue weighted by atomic mass is 10.1. The zero-order valence-electron chi connectivity index (χ0n) is 10.9. The number of primary amides is 1. The average molecular weight is 291 g/mol. The number of para-hydroxylation sites is 1. The SMILES string of the molecule is CC(Nc1cc(C(N)=O)ccc1Cl)c1ccccc1O. The summed E-state index contributed by atoms with van der Waals surface area (Å²) >= 11 is 6.10. The smallest absolute Gasteiger partial charge is 0.248 e. The Bertz CT molecular complexity index is 644. The van der Waals surface area contributed by atoms with Crippen molar-refractivity contribution in [3.05, 3.63) is 58.6 Å². The molecule has 0 heterocycles. The van der Waals surface area contributed by atoms with E-state index in [-0.39, 0.29) is 11.8 Å². The zero-order valence-corrected chi connectivity index (χ0v) is 11.7. The monoisotopic (exact) mass is 290 g/mol. The number of halogens is 1. The van der Waals surface area contributed by atoms with E-state index in [1.54, 1.807) is 30.3 Å². The Morgan fingerprint density at radius 1 is 1.30 bits per heavy atom. The Morgan fingerprint density at radius 3 is 2.65 bits per heavy atom. The molecule has 1 amide bonds. The predicted molar refractivity (Wildman–Crippen MR) is 80.1 cm³/mol. The van der Waals surface area contributed by atoms with Crippen LogP contribution in [0.5, 0.6) is 5.75 Å². The van der Waals surface area contributed by atoms with E-state index in [0.29, 0.717) is 16.3 Å². The maximum Gasteiger partial charge on any atom is 0.248 e. The van der Waals surface area contributed by atoms with Gasteiger partial charge in [-0.25, -0.2) is 0 Å². The molecule has 1 atom stereocenters. The molecule has 0 saturated carbocycles. The Kier molecular flexibility index (Phi) is 4.15. The van der Waals surface area contributed by atoms with Gasteiger partial charge in [0.1, 0.15) is 5.75 Å². The lowest BCUT2D eigenvalue weighted by molar-refractivity contribution is 0.100. The maximum atomic E-state index is 11.2. The quantitative estimate of drug-likeness (QED) is 0.808. The fourth-order valence-electron chi connectivity index (χ4n) is 1.95. The molecule has 0 fully saturated rings. The van der Waals surface area contributed by atoms with E-state index < -0.39 is 5.91 Å². The molecule has 104 valence electrons. The van der Waals surface area contributed by atoms with Crippen LogP contribution in [-0.4, -0.2) is 11.0 Å². The summed E-state index contributed by atoms with van der Waals surface area (Å²) in [5, 5.41) is 13.5. The highest BCUT2D eigenvalue weighted by atomic mass is 35.5. The Hall–Kier alpha value is -2.20. The van der Waals surface area contributed by atoms with Crippen LogP contribution < -0.4 is 11.1 Å². The number of carbonyl (C=O) groups is 1. The highest BCUT2D eigenvalue weighted by Crippen LogP contribution is 2.30. The van der Waals surface area contributed by atoms with Crippen LogP contribution in [0.3, 0.4) is 0 Å². The highest BCUT2D eigenvalue weighted by Gasteiger charge is 2.12.